The zero-order valence-corrected chi connectivity index (χ0v) is 10.1. The van der Waals surface area contributed by atoms with Crippen molar-refractivity contribution in [3.8, 4) is 0 Å². The second-order valence-electron chi connectivity index (χ2n) is 4.83. The van der Waals surface area contributed by atoms with Crippen LogP contribution in [-0.2, 0) is 0 Å². The highest BCUT2D eigenvalue weighted by molar-refractivity contribution is 5.20. The molecule has 1 fully saturated rings. The number of nitrogens with zero attached hydrogens (tertiary/aromatic N) is 1. The van der Waals surface area contributed by atoms with Gasteiger partial charge in [-0.2, -0.15) is 0 Å². The largest absolute Gasteiger partial charge is 0.394 e. The summed E-state index contributed by atoms with van der Waals surface area (Å²) in [5.41, 5.74) is 1.23. The second-order valence-corrected chi connectivity index (χ2v) is 4.83. The Balaban J connectivity index is 2.22. The molecule has 0 amide bonds. The lowest BCUT2D eigenvalue weighted by Crippen LogP contribution is -2.38. The number of hydrogen-bond donors (Lipinski definition) is 1. The zero-order chi connectivity index (χ0) is 11.5. The van der Waals surface area contributed by atoms with Crippen molar-refractivity contribution < 1.29 is 5.11 Å². The smallest absolute Gasteiger partial charge is 0.0628 e. The van der Waals surface area contributed by atoms with Crippen LogP contribution in [0.3, 0.4) is 0 Å². The summed E-state index contributed by atoms with van der Waals surface area (Å²) in [7, 11) is 0. The highest BCUT2D eigenvalue weighted by Gasteiger charge is 2.33. The number of benzene rings is 1. The van der Waals surface area contributed by atoms with Gasteiger partial charge in [-0.1, -0.05) is 30.3 Å². The molecule has 1 aliphatic rings. The van der Waals surface area contributed by atoms with Gasteiger partial charge in [0.2, 0.25) is 0 Å². The first-order chi connectivity index (χ1) is 7.74. The topological polar surface area (TPSA) is 23.5 Å². The van der Waals surface area contributed by atoms with Gasteiger partial charge >= 0.3 is 0 Å². The highest BCUT2D eigenvalue weighted by atomic mass is 16.3. The Kier molecular flexibility index (Phi) is 3.62. The first-order valence-electron chi connectivity index (χ1n) is 6.17. The second kappa shape index (κ2) is 4.98. The molecule has 0 spiro atoms. The van der Waals surface area contributed by atoms with Gasteiger partial charge in [0.05, 0.1) is 12.6 Å². The number of hydrogen-bond acceptors (Lipinski definition) is 2. The molecule has 0 aromatic heterocycles. The summed E-state index contributed by atoms with van der Waals surface area (Å²) < 4.78 is 0. The van der Waals surface area contributed by atoms with Crippen molar-refractivity contribution in [3.05, 3.63) is 35.9 Å². The fourth-order valence-electron chi connectivity index (χ4n) is 2.88. The van der Waals surface area contributed by atoms with Crippen molar-refractivity contribution in [1.82, 2.24) is 4.90 Å². The minimum absolute atomic E-state index is 0.161. The lowest BCUT2D eigenvalue weighted by molar-refractivity contribution is 0.0890. The molecule has 1 aromatic rings. The van der Waals surface area contributed by atoms with Crippen molar-refractivity contribution in [1.29, 1.82) is 0 Å². The first kappa shape index (κ1) is 11.6. The summed E-state index contributed by atoms with van der Waals surface area (Å²) >= 11 is 0. The fourth-order valence-corrected chi connectivity index (χ4v) is 2.88. The monoisotopic (exact) mass is 219 g/mol. The van der Waals surface area contributed by atoms with Crippen LogP contribution in [0.1, 0.15) is 38.3 Å². The van der Waals surface area contributed by atoms with E-state index in [1.165, 1.54) is 18.4 Å². The van der Waals surface area contributed by atoms with Gasteiger partial charge in [0, 0.05) is 12.1 Å². The van der Waals surface area contributed by atoms with Crippen molar-refractivity contribution >= 4 is 0 Å². The molecule has 1 heterocycles. The standard InChI is InChI=1S/C14H21NO/c1-11-8-9-12(2)15(11)14(10-16)13-6-4-3-5-7-13/h3-7,11-12,14,16H,8-10H2,1-2H3. The van der Waals surface area contributed by atoms with Gasteiger partial charge in [0.15, 0.2) is 0 Å². The van der Waals surface area contributed by atoms with Gasteiger partial charge in [-0.15, -0.1) is 0 Å². The fraction of sp³-hybridized carbons (Fsp3) is 0.571. The maximum Gasteiger partial charge on any atom is 0.0628 e. The molecule has 0 aliphatic carbocycles. The Hall–Kier alpha value is -0.860. The Morgan fingerprint density at radius 1 is 1.19 bits per heavy atom. The van der Waals surface area contributed by atoms with E-state index in [2.05, 4.69) is 30.9 Å². The minimum Gasteiger partial charge on any atom is -0.394 e. The average Bonchev–Trinajstić information content (AvgIpc) is 2.63. The van der Waals surface area contributed by atoms with Crippen LogP contribution in [0.5, 0.6) is 0 Å². The molecular formula is C14H21NO. The maximum absolute atomic E-state index is 9.63. The zero-order valence-electron chi connectivity index (χ0n) is 10.1. The van der Waals surface area contributed by atoms with Gasteiger partial charge < -0.3 is 5.11 Å². The maximum atomic E-state index is 9.63. The van der Waals surface area contributed by atoms with Crippen LogP contribution in [0.15, 0.2) is 30.3 Å². The van der Waals surface area contributed by atoms with Crippen LogP contribution in [-0.4, -0.2) is 28.7 Å². The Bertz CT molecular complexity index is 315. The van der Waals surface area contributed by atoms with E-state index in [9.17, 15) is 5.11 Å². The predicted molar refractivity (Wildman–Crippen MR) is 66.3 cm³/mol. The van der Waals surface area contributed by atoms with E-state index in [0.717, 1.165) is 0 Å². The average molecular weight is 219 g/mol. The Morgan fingerprint density at radius 2 is 1.75 bits per heavy atom. The molecule has 0 saturated carbocycles. The van der Waals surface area contributed by atoms with Crippen molar-refractivity contribution in [2.75, 3.05) is 6.61 Å². The van der Waals surface area contributed by atoms with Crippen LogP contribution in [0.4, 0.5) is 0 Å². The third kappa shape index (κ3) is 2.13. The van der Waals surface area contributed by atoms with E-state index in [1.54, 1.807) is 0 Å². The molecule has 2 heteroatoms. The number of rotatable bonds is 3. The molecule has 1 saturated heterocycles. The molecule has 88 valence electrons. The molecule has 0 radical (unpaired) electrons. The van der Waals surface area contributed by atoms with Crippen LogP contribution in [0.25, 0.3) is 0 Å². The van der Waals surface area contributed by atoms with Crippen LogP contribution < -0.4 is 0 Å². The highest BCUT2D eigenvalue weighted by Crippen LogP contribution is 2.33. The van der Waals surface area contributed by atoms with Crippen LogP contribution in [0, 0.1) is 0 Å². The van der Waals surface area contributed by atoms with Crippen LogP contribution >= 0.6 is 0 Å². The molecule has 0 bridgehead atoms. The summed E-state index contributed by atoms with van der Waals surface area (Å²) in [6.45, 7) is 4.73. The summed E-state index contributed by atoms with van der Waals surface area (Å²) in [5.74, 6) is 0. The van der Waals surface area contributed by atoms with Gasteiger partial charge in [-0.05, 0) is 32.3 Å². The summed E-state index contributed by atoms with van der Waals surface area (Å²) in [4.78, 5) is 2.45. The molecule has 1 aliphatic heterocycles. The van der Waals surface area contributed by atoms with E-state index in [4.69, 9.17) is 0 Å². The Labute approximate surface area is 97.9 Å². The molecule has 1 aromatic carbocycles. The summed E-state index contributed by atoms with van der Waals surface area (Å²) in [5, 5.41) is 9.63. The molecule has 1 N–H and O–H groups in total. The molecule has 16 heavy (non-hydrogen) atoms. The number of aliphatic hydroxyl groups is 1. The number of aliphatic hydroxyl groups excluding tert-OH is 1. The van der Waals surface area contributed by atoms with E-state index in [1.807, 2.05) is 18.2 Å². The summed E-state index contributed by atoms with van der Waals surface area (Å²) in [6, 6.07) is 11.6. The summed E-state index contributed by atoms with van der Waals surface area (Å²) in [6.07, 6.45) is 2.48. The van der Waals surface area contributed by atoms with Gasteiger partial charge in [-0.25, -0.2) is 0 Å². The van der Waals surface area contributed by atoms with E-state index in [-0.39, 0.29) is 12.6 Å². The normalized spacial score (nSPS) is 28.2. The third-order valence-corrected chi connectivity index (χ3v) is 3.74. The van der Waals surface area contributed by atoms with Gasteiger partial charge in [0.25, 0.3) is 0 Å². The van der Waals surface area contributed by atoms with Crippen molar-refractivity contribution in [3.63, 3.8) is 0 Å². The van der Waals surface area contributed by atoms with E-state index >= 15 is 0 Å². The lowest BCUT2D eigenvalue weighted by Gasteiger charge is -2.34. The van der Waals surface area contributed by atoms with E-state index < -0.39 is 0 Å². The van der Waals surface area contributed by atoms with Crippen LogP contribution in [0.2, 0.25) is 0 Å². The molecule has 3 unspecified atom stereocenters. The first-order valence-corrected chi connectivity index (χ1v) is 6.17. The van der Waals surface area contributed by atoms with Gasteiger partial charge in [0.1, 0.15) is 0 Å². The minimum atomic E-state index is 0.161. The van der Waals surface area contributed by atoms with Gasteiger partial charge in [-0.3, -0.25) is 4.90 Å². The Morgan fingerprint density at radius 3 is 2.25 bits per heavy atom. The molecule has 3 atom stereocenters. The SMILES string of the molecule is CC1CCC(C)N1C(CO)c1ccccc1. The molecule has 2 nitrogen and oxygen atoms in total. The van der Waals surface area contributed by atoms with Crippen molar-refractivity contribution in [2.45, 2.75) is 44.8 Å². The molecule has 2 rings (SSSR count). The lowest BCUT2D eigenvalue weighted by atomic mass is 10.0. The quantitative estimate of drug-likeness (QED) is 0.844. The van der Waals surface area contributed by atoms with Crippen molar-refractivity contribution in [2.24, 2.45) is 0 Å². The predicted octanol–water partition coefficient (Wildman–Crippen LogP) is 2.59. The molecular weight excluding hydrogens is 198 g/mol. The number of likely N-dealkylation sites (tertiary alicyclic amines) is 1. The third-order valence-electron chi connectivity index (χ3n) is 3.74. The van der Waals surface area contributed by atoms with E-state index in [0.29, 0.717) is 12.1 Å².